The molecule has 1 aromatic heterocycles. The van der Waals surface area contributed by atoms with Gasteiger partial charge in [0.2, 0.25) is 6.23 Å². The molecular weight excluding hydrogens is 466 g/mol. The van der Waals surface area contributed by atoms with Gasteiger partial charge in [0.25, 0.3) is 10.0 Å². The maximum Gasteiger partial charge on any atom is 0.412 e. The third-order valence-corrected chi connectivity index (χ3v) is 6.28. The average molecular weight is 490 g/mol. The number of nitrogens with one attached hydrogen (secondary N) is 1. The number of fused-ring (bicyclic) bond motifs is 1. The molecule has 1 amide bonds. The molecule has 0 saturated heterocycles. The lowest BCUT2D eigenvalue weighted by molar-refractivity contribution is -0.185. The Balaban J connectivity index is 2.04. The summed E-state index contributed by atoms with van der Waals surface area (Å²) in [6.07, 6.45) is -1.37. The maximum absolute atomic E-state index is 13.4. The van der Waals surface area contributed by atoms with Crippen LogP contribution in [0, 0.1) is 6.92 Å². The van der Waals surface area contributed by atoms with Gasteiger partial charge in [0.05, 0.1) is 24.1 Å². The molecule has 12 nitrogen and oxygen atoms in total. The summed E-state index contributed by atoms with van der Waals surface area (Å²) in [6, 6.07) is 4.09. The molecule has 2 aromatic rings. The Morgan fingerprint density at radius 3 is 2.64 bits per heavy atom. The van der Waals surface area contributed by atoms with Crippen LogP contribution in [-0.2, 0) is 14.8 Å². The number of rotatable bonds is 5. The van der Waals surface area contributed by atoms with Crippen LogP contribution in [0.2, 0.25) is 0 Å². The van der Waals surface area contributed by atoms with Gasteiger partial charge in [0, 0.05) is 5.69 Å². The number of ether oxygens (including phenoxy) is 2. The molecule has 3 rings (SSSR count). The van der Waals surface area contributed by atoms with E-state index in [0.29, 0.717) is 6.20 Å². The molecule has 0 bridgehead atoms. The molecule has 15 heteroatoms. The molecule has 0 saturated carbocycles. The van der Waals surface area contributed by atoms with E-state index in [4.69, 9.17) is 15.3 Å². The highest BCUT2D eigenvalue weighted by molar-refractivity contribution is 7.92. The van der Waals surface area contributed by atoms with Crippen molar-refractivity contribution in [2.75, 3.05) is 16.2 Å². The van der Waals surface area contributed by atoms with Crippen molar-refractivity contribution in [3.8, 4) is 5.75 Å². The molecule has 33 heavy (non-hydrogen) atoms. The second-order valence-corrected chi connectivity index (χ2v) is 9.97. The van der Waals surface area contributed by atoms with Gasteiger partial charge in [-0.1, -0.05) is 5.17 Å². The second kappa shape index (κ2) is 8.74. The van der Waals surface area contributed by atoms with Gasteiger partial charge in [0.15, 0.2) is 0 Å². The van der Waals surface area contributed by atoms with E-state index in [0.717, 1.165) is 4.31 Å². The lowest BCUT2D eigenvalue weighted by Gasteiger charge is -2.36. The number of nitrogens with zero attached hydrogens (tertiary/aromatic N) is 4. The number of hydrazine groups is 1. The van der Waals surface area contributed by atoms with Crippen LogP contribution in [0.3, 0.4) is 0 Å². The first-order valence-corrected chi connectivity index (χ1v) is 11.0. The molecule has 182 valence electrons. The second-order valence-electron chi connectivity index (χ2n) is 8.13. The number of carbonyl (C=O) groups excluding carboxylic acids is 1. The van der Waals surface area contributed by atoms with Crippen LogP contribution < -0.4 is 20.2 Å². The van der Waals surface area contributed by atoms with Gasteiger partial charge in [-0.3, -0.25) is 14.8 Å². The van der Waals surface area contributed by atoms with Crippen LogP contribution >= 0.6 is 0 Å². The van der Waals surface area contributed by atoms with Crippen LogP contribution in [0.15, 0.2) is 29.3 Å². The third-order valence-electron chi connectivity index (χ3n) is 4.39. The molecule has 1 aromatic carbocycles. The number of hydrogen-bond acceptors (Lipinski definition) is 9. The van der Waals surface area contributed by atoms with E-state index in [1.165, 1.54) is 25.1 Å². The van der Waals surface area contributed by atoms with Crippen molar-refractivity contribution in [2.45, 2.75) is 51.0 Å². The van der Waals surface area contributed by atoms with E-state index in [1.54, 1.807) is 20.8 Å². The molecule has 1 atom stereocenters. The van der Waals surface area contributed by atoms with Gasteiger partial charge in [-0.25, -0.2) is 23.7 Å². The number of amides is 1. The summed E-state index contributed by atoms with van der Waals surface area (Å²) in [7, 11) is -4.46. The number of hydrogen-bond donors (Lipinski definition) is 3. The molecule has 1 aliphatic heterocycles. The van der Waals surface area contributed by atoms with Crippen LogP contribution in [-0.4, -0.2) is 53.0 Å². The molecule has 1 aliphatic rings. The lowest BCUT2D eigenvalue weighted by atomic mass is 10.2. The summed E-state index contributed by atoms with van der Waals surface area (Å²) >= 11 is 0. The number of aromatic nitrogens is 2. The SMILES string of the molecule is Cc1nn(C(F)F)cc1S(=O)(=O)N1C[C@H](N(N)O)Oc2ccc(NC(=O)OC(C)(C)C)cc21. The Kier molecular flexibility index (Phi) is 6.52. The Hall–Kier alpha value is -3.01. The standard InChI is InChI=1S/C18H24F2N6O6S/c1-10-14(8-24(23-10)16(19)20)33(29,30)25-9-15(26(21)28)31-13-6-5-11(7-12(13)25)22-17(27)32-18(2,3)4/h5-8,15-16,28H,9,21H2,1-4H3,(H,22,27)/t15-/m1/s1. The van der Waals surface area contributed by atoms with Crippen molar-refractivity contribution in [1.29, 1.82) is 0 Å². The number of anilines is 2. The normalized spacial score (nSPS) is 16.5. The summed E-state index contributed by atoms with van der Waals surface area (Å²) in [4.78, 5) is 11.6. The summed E-state index contributed by atoms with van der Waals surface area (Å²) in [5.74, 6) is 5.36. The number of alkyl halides is 2. The number of benzene rings is 1. The first-order valence-electron chi connectivity index (χ1n) is 9.59. The summed E-state index contributed by atoms with van der Waals surface area (Å²) in [5.41, 5.74) is -0.765. The number of nitrogens with two attached hydrogens (primary N) is 1. The van der Waals surface area contributed by atoms with Crippen molar-refractivity contribution >= 4 is 27.5 Å². The minimum atomic E-state index is -4.46. The molecule has 0 aliphatic carbocycles. The van der Waals surface area contributed by atoms with Crippen molar-refractivity contribution in [3.63, 3.8) is 0 Å². The molecule has 2 heterocycles. The zero-order valence-corrected chi connectivity index (χ0v) is 19.0. The smallest absolute Gasteiger partial charge is 0.412 e. The summed E-state index contributed by atoms with van der Waals surface area (Å²) in [6.45, 7) is 2.77. The molecule has 0 fully saturated rings. The van der Waals surface area contributed by atoms with Gasteiger partial charge < -0.3 is 9.47 Å². The Morgan fingerprint density at radius 1 is 1.42 bits per heavy atom. The predicted octanol–water partition coefficient (Wildman–Crippen LogP) is 2.41. The topological polar surface area (TPSA) is 152 Å². The maximum atomic E-state index is 13.4. The number of halogens is 2. The molecule has 4 N–H and O–H groups in total. The van der Waals surface area contributed by atoms with Crippen LogP contribution in [0.5, 0.6) is 5.75 Å². The van der Waals surface area contributed by atoms with Crippen LogP contribution in [0.25, 0.3) is 0 Å². The summed E-state index contributed by atoms with van der Waals surface area (Å²) in [5, 5.41) is 15.9. The van der Waals surface area contributed by atoms with Gasteiger partial charge >= 0.3 is 12.6 Å². The fraction of sp³-hybridized carbons (Fsp3) is 0.444. The highest BCUT2D eigenvalue weighted by atomic mass is 32.2. The number of carbonyl (C=O) groups is 1. The van der Waals surface area contributed by atoms with Crippen molar-refractivity contribution in [2.24, 2.45) is 5.84 Å². The van der Waals surface area contributed by atoms with Gasteiger partial charge in [-0.05, 0) is 45.9 Å². The van der Waals surface area contributed by atoms with Gasteiger partial charge in [0.1, 0.15) is 16.2 Å². The van der Waals surface area contributed by atoms with Crippen molar-refractivity contribution in [3.05, 3.63) is 30.1 Å². The van der Waals surface area contributed by atoms with Gasteiger partial charge in [-0.2, -0.15) is 13.9 Å². The lowest BCUT2D eigenvalue weighted by Crippen LogP contribution is -2.53. The zero-order chi connectivity index (χ0) is 24.7. The monoisotopic (exact) mass is 490 g/mol. The average Bonchev–Trinajstić information content (AvgIpc) is 3.08. The van der Waals surface area contributed by atoms with E-state index in [1.807, 2.05) is 0 Å². The number of hydroxylamine groups is 1. The van der Waals surface area contributed by atoms with Crippen LogP contribution in [0.1, 0.15) is 33.0 Å². The van der Waals surface area contributed by atoms with Crippen molar-refractivity contribution in [1.82, 2.24) is 15.0 Å². The van der Waals surface area contributed by atoms with E-state index >= 15 is 0 Å². The van der Waals surface area contributed by atoms with Gasteiger partial charge in [-0.15, -0.1) is 0 Å². The first kappa shape index (κ1) is 24.6. The molecule has 0 unspecified atom stereocenters. The Labute approximate surface area is 188 Å². The van der Waals surface area contributed by atoms with Crippen LogP contribution in [0.4, 0.5) is 25.0 Å². The predicted molar refractivity (Wildman–Crippen MR) is 111 cm³/mol. The molecule has 0 radical (unpaired) electrons. The quantitative estimate of drug-likeness (QED) is 0.424. The molecule has 0 spiro atoms. The highest BCUT2D eigenvalue weighted by Crippen LogP contribution is 2.39. The number of aryl methyl sites for hydroxylation is 1. The largest absolute Gasteiger partial charge is 0.467 e. The van der Waals surface area contributed by atoms with E-state index in [-0.39, 0.29) is 32.7 Å². The highest BCUT2D eigenvalue weighted by Gasteiger charge is 2.38. The van der Waals surface area contributed by atoms with E-state index < -0.39 is 45.9 Å². The Morgan fingerprint density at radius 2 is 2.09 bits per heavy atom. The van der Waals surface area contributed by atoms with Crippen molar-refractivity contribution < 1.29 is 36.7 Å². The third kappa shape index (κ3) is 5.32. The minimum Gasteiger partial charge on any atom is -0.467 e. The first-order chi connectivity index (χ1) is 15.2. The van der Waals surface area contributed by atoms with E-state index in [2.05, 4.69) is 10.4 Å². The summed E-state index contributed by atoms with van der Waals surface area (Å²) < 4.78 is 64.7. The fourth-order valence-electron chi connectivity index (χ4n) is 3.04. The van der Waals surface area contributed by atoms with E-state index in [9.17, 15) is 27.2 Å². The fourth-order valence-corrected chi connectivity index (χ4v) is 4.66. The minimum absolute atomic E-state index is 0.00738. The molecular formula is C18H24F2N6O6S. The Bertz CT molecular complexity index is 1150. The number of sulfonamides is 1. The zero-order valence-electron chi connectivity index (χ0n) is 18.2.